The molecule has 2 atom stereocenters. The van der Waals surface area contributed by atoms with E-state index in [-0.39, 0.29) is 23.9 Å². The second kappa shape index (κ2) is 7.64. The van der Waals surface area contributed by atoms with Gasteiger partial charge in [-0.05, 0) is 57.0 Å². The number of benzene rings is 1. The number of carbonyl (C=O) groups excluding carboxylic acids is 1. The van der Waals surface area contributed by atoms with Crippen molar-refractivity contribution in [3.05, 3.63) is 41.5 Å². The number of aromatic nitrogens is 2. The summed E-state index contributed by atoms with van der Waals surface area (Å²) in [7, 11) is 0. The van der Waals surface area contributed by atoms with Crippen LogP contribution in [-0.2, 0) is 6.42 Å². The Hall–Kier alpha value is -2.48. The van der Waals surface area contributed by atoms with Crippen molar-refractivity contribution in [2.45, 2.75) is 44.7 Å². The van der Waals surface area contributed by atoms with Crippen molar-refractivity contribution in [1.29, 1.82) is 0 Å². The van der Waals surface area contributed by atoms with E-state index in [1.54, 1.807) is 12.1 Å². The molecule has 27 heavy (non-hydrogen) atoms. The first-order valence-corrected chi connectivity index (χ1v) is 9.49. The summed E-state index contributed by atoms with van der Waals surface area (Å²) in [6.45, 7) is 5.08. The molecule has 4 rings (SSSR count). The Morgan fingerprint density at radius 3 is 2.74 bits per heavy atom. The number of halogens is 1. The zero-order valence-corrected chi connectivity index (χ0v) is 15.4. The summed E-state index contributed by atoms with van der Waals surface area (Å²) < 4.78 is 18.1. The average molecular weight is 373 g/mol. The average Bonchev–Trinajstić information content (AvgIpc) is 3.38. The second-order valence-electron chi connectivity index (χ2n) is 7.28. The molecular formula is C19H24FN5O2. The lowest BCUT2D eigenvalue weighted by Crippen LogP contribution is -2.45. The van der Waals surface area contributed by atoms with Crippen LogP contribution in [0.2, 0.25) is 0 Å². The monoisotopic (exact) mass is 373 g/mol. The minimum Gasteiger partial charge on any atom is -0.320 e. The highest BCUT2D eigenvalue weighted by Gasteiger charge is 2.38. The maximum Gasteiger partial charge on any atom is 0.329 e. The number of likely N-dealkylation sites (tertiary alicyclic amines) is 2. The van der Waals surface area contributed by atoms with E-state index in [1.807, 2.05) is 4.90 Å². The number of nitrogens with zero attached hydrogens (tertiary/aromatic N) is 4. The van der Waals surface area contributed by atoms with Gasteiger partial charge in [-0.3, -0.25) is 10.2 Å². The summed E-state index contributed by atoms with van der Waals surface area (Å²) in [4.78, 5) is 21.2. The van der Waals surface area contributed by atoms with Crippen molar-refractivity contribution < 1.29 is 13.7 Å². The molecule has 0 radical (unpaired) electrons. The van der Waals surface area contributed by atoms with Gasteiger partial charge < -0.3 is 9.42 Å². The number of anilines is 1. The molecular weight excluding hydrogens is 349 g/mol. The van der Waals surface area contributed by atoms with Crippen molar-refractivity contribution in [2.24, 2.45) is 0 Å². The van der Waals surface area contributed by atoms with E-state index in [0.29, 0.717) is 18.3 Å². The molecule has 0 bridgehead atoms. The molecule has 3 heterocycles. The van der Waals surface area contributed by atoms with Gasteiger partial charge in [0, 0.05) is 25.0 Å². The summed E-state index contributed by atoms with van der Waals surface area (Å²) in [5, 5.41) is 6.60. The molecule has 0 spiro atoms. The maximum absolute atomic E-state index is 13.0. The zero-order chi connectivity index (χ0) is 18.8. The number of amides is 2. The summed E-state index contributed by atoms with van der Waals surface area (Å²) in [6, 6.07) is 6.60. The van der Waals surface area contributed by atoms with Crippen LogP contribution in [0.25, 0.3) is 0 Å². The Morgan fingerprint density at radius 1 is 1.26 bits per heavy atom. The normalized spacial score (nSPS) is 23.1. The van der Waals surface area contributed by atoms with Crippen LogP contribution in [0.3, 0.4) is 0 Å². The molecule has 2 amide bonds. The van der Waals surface area contributed by atoms with Gasteiger partial charge in [0.05, 0.1) is 0 Å². The Morgan fingerprint density at radius 2 is 2.00 bits per heavy atom. The van der Waals surface area contributed by atoms with E-state index >= 15 is 0 Å². The lowest BCUT2D eigenvalue weighted by atomic mass is 10.1. The molecule has 1 aromatic carbocycles. The van der Waals surface area contributed by atoms with Crippen LogP contribution in [0.15, 0.2) is 28.8 Å². The molecule has 2 aliphatic rings. The van der Waals surface area contributed by atoms with Gasteiger partial charge in [0.25, 0.3) is 0 Å². The van der Waals surface area contributed by atoms with Gasteiger partial charge in [0.2, 0.25) is 0 Å². The molecule has 2 aliphatic heterocycles. The fourth-order valence-electron chi connectivity index (χ4n) is 4.10. The second-order valence-corrected chi connectivity index (χ2v) is 7.28. The Balaban J connectivity index is 1.34. The highest BCUT2D eigenvalue weighted by Crippen LogP contribution is 2.26. The van der Waals surface area contributed by atoms with Gasteiger partial charge in [-0.25, -0.2) is 9.18 Å². The smallest absolute Gasteiger partial charge is 0.320 e. The molecule has 2 unspecified atom stereocenters. The minimum absolute atomic E-state index is 0.0916. The molecule has 2 aromatic rings. The number of carbonyl (C=O) groups is 1. The van der Waals surface area contributed by atoms with E-state index in [4.69, 9.17) is 4.52 Å². The minimum atomic E-state index is -0.285. The molecule has 1 N–H and O–H groups in total. The number of hydrogen-bond acceptors (Lipinski definition) is 5. The van der Waals surface area contributed by atoms with E-state index in [2.05, 4.69) is 27.3 Å². The van der Waals surface area contributed by atoms with E-state index in [9.17, 15) is 9.18 Å². The molecule has 0 aliphatic carbocycles. The van der Waals surface area contributed by atoms with Gasteiger partial charge in [-0.15, -0.1) is 0 Å². The van der Waals surface area contributed by atoms with Crippen molar-refractivity contribution in [2.75, 3.05) is 25.0 Å². The molecule has 7 nitrogen and oxygen atoms in total. The van der Waals surface area contributed by atoms with E-state index < -0.39 is 0 Å². The summed E-state index contributed by atoms with van der Waals surface area (Å²) in [5.41, 5.74) is 0.872. The molecule has 2 fully saturated rings. The first-order valence-electron chi connectivity index (χ1n) is 9.49. The number of urea groups is 1. The van der Waals surface area contributed by atoms with Gasteiger partial charge in [0.1, 0.15) is 5.82 Å². The van der Waals surface area contributed by atoms with Crippen molar-refractivity contribution >= 4 is 12.0 Å². The first-order chi connectivity index (χ1) is 13.1. The summed E-state index contributed by atoms with van der Waals surface area (Å²) >= 11 is 0. The first kappa shape index (κ1) is 17.9. The lowest BCUT2D eigenvalue weighted by Gasteiger charge is -2.30. The van der Waals surface area contributed by atoms with Crippen LogP contribution in [0.4, 0.5) is 15.2 Å². The van der Waals surface area contributed by atoms with Crippen molar-refractivity contribution in [3.8, 4) is 0 Å². The standard InChI is InChI=1S/C19H24FN5O2/c1-13-16(24-9-2-3-10-24)8-11-25(13)19(26)22-18-21-17(23-27-18)12-14-4-6-15(20)7-5-14/h4-7,13,16H,2-3,8-12H2,1H3,(H,21,22,23,26). The van der Waals surface area contributed by atoms with Gasteiger partial charge in [-0.2, -0.15) is 4.98 Å². The third kappa shape index (κ3) is 3.95. The van der Waals surface area contributed by atoms with E-state index in [0.717, 1.165) is 31.6 Å². The van der Waals surface area contributed by atoms with Crippen molar-refractivity contribution in [3.63, 3.8) is 0 Å². The molecule has 1 aromatic heterocycles. The van der Waals surface area contributed by atoms with E-state index in [1.165, 1.54) is 25.0 Å². The van der Waals surface area contributed by atoms with Crippen LogP contribution in [-0.4, -0.2) is 57.7 Å². The SMILES string of the molecule is CC1C(N2CCCC2)CCN1C(=O)Nc1nc(Cc2ccc(F)cc2)no1. The molecule has 144 valence electrons. The fourth-order valence-corrected chi connectivity index (χ4v) is 4.10. The van der Waals surface area contributed by atoms with Gasteiger partial charge in [-0.1, -0.05) is 17.3 Å². The Labute approximate surface area is 157 Å². The third-order valence-electron chi connectivity index (χ3n) is 5.54. The zero-order valence-electron chi connectivity index (χ0n) is 15.4. The largest absolute Gasteiger partial charge is 0.329 e. The number of nitrogens with one attached hydrogen (secondary N) is 1. The molecule has 0 saturated carbocycles. The van der Waals surface area contributed by atoms with Crippen LogP contribution < -0.4 is 5.32 Å². The summed E-state index contributed by atoms with van der Waals surface area (Å²) in [5.74, 6) is 0.160. The topological polar surface area (TPSA) is 74.5 Å². The third-order valence-corrected chi connectivity index (χ3v) is 5.54. The number of rotatable bonds is 4. The maximum atomic E-state index is 13.0. The lowest BCUT2D eigenvalue weighted by molar-refractivity contribution is 0.176. The molecule has 2 saturated heterocycles. The fraction of sp³-hybridized carbons (Fsp3) is 0.526. The van der Waals surface area contributed by atoms with Crippen LogP contribution in [0, 0.1) is 5.82 Å². The van der Waals surface area contributed by atoms with Crippen LogP contribution in [0.1, 0.15) is 37.6 Å². The summed E-state index contributed by atoms with van der Waals surface area (Å²) in [6.07, 6.45) is 3.90. The van der Waals surface area contributed by atoms with Crippen LogP contribution in [0.5, 0.6) is 0 Å². The quantitative estimate of drug-likeness (QED) is 0.892. The molecule has 8 heteroatoms. The highest BCUT2D eigenvalue weighted by atomic mass is 19.1. The van der Waals surface area contributed by atoms with Crippen molar-refractivity contribution in [1.82, 2.24) is 19.9 Å². The van der Waals surface area contributed by atoms with Gasteiger partial charge >= 0.3 is 12.0 Å². The highest BCUT2D eigenvalue weighted by molar-refractivity contribution is 5.87. The Bertz CT molecular complexity index is 788. The van der Waals surface area contributed by atoms with Gasteiger partial charge in [0.15, 0.2) is 5.82 Å². The predicted octanol–water partition coefficient (Wildman–Crippen LogP) is 2.89. The van der Waals surface area contributed by atoms with Crippen LogP contribution >= 0.6 is 0 Å². The number of hydrogen-bond donors (Lipinski definition) is 1. The Kier molecular flexibility index (Phi) is 5.07. The predicted molar refractivity (Wildman–Crippen MR) is 97.9 cm³/mol.